The minimum absolute atomic E-state index is 0.0398. The molecule has 0 aromatic carbocycles. The lowest BCUT2D eigenvalue weighted by Gasteiger charge is -2.13. The Balaban J connectivity index is 1.77. The Kier molecular flexibility index (Phi) is 5.43. The van der Waals surface area contributed by atoms with Gasteiger partial charge in [-0.2, -0.15) is 0 Å². The van der Waals surface area contributed by atoms with Crippen molar-refractivity contribution >= 4 is 11.8 Å². The van der Waals surface area contributed by atoms with Gasteiger partial charge in [0.15, 0.2) is 5.16 Å². The highest BCUT2D eigenvalue weighted by atomic mass is 32.2. The summed E-state index contributed by atoms with van der Waals surface area (Å²) in [4.78, 5) is 8.40. The van der Waals surface area contributed by atoms with Crippen LogP contribution >= 0.6 is 11.8 Å². The average Bonchev–Trinajstić information content (AvgIpc) is 2.88. The second-order valence-corrected chi connectivity index (χ2v) is 5.57. The Labute approximate surface area is 123 Å². The molecule has 20 heavy (non-hydrogen) atoms. The van der Waals surface area contributed by atoms with Crippen molar-refractivity contribution in [3.8, 4) is 5.75 Å². The first-order valence-corrected chi connectivity index (χ1v) is 7.60. The number of ether oxygens (including phenoxy) is 1. The van der Waals surface area contributed by atoms with E-state index < -0.39 is 0 Å². The highest BCUT2D eigenvalue weighted by molar-refractivity contribution is 7.99. The van der Waals surface area contributed by atoms with Crippen LogP contribution in [0, 0.1) is 0 Å². The van der Waals surface area contributed by atoms with E-state index in [1.54, 1.807) is 24.2 Å². The first-order chi connectivity index (χ1) is 9.69. The molecule has 1 atom stereocenters. The number of nitrogens with two attached hydrogens (primary N) is 1. The summed E-state index contributed by atoms with van der Waals surface area (Å²) in [6.07, 6.45) is 8.23. The fourth-order valence-electron chi connectivity index (χ4n) is 1.66. The normalized spacial score (nSPS) is 12.3. The Bertz CT molecular complexity index is 543. The summed E-state index contributed by atoms with van der Waals surface area (Å²) < 4.78 is 7.66. The molecule has 0 saturated heterocycles. The molecule has 0 spiro atoms. The molecule has 2 aromatic rings. The standard InChI is InChI=1S/C14H20N4OS/c1-3-11-6-13(8-16-7-11)19-9-12(15)10-20-14-17-4-5-18(14)2/h4-8,12H,3,9-10,15H2,1-2H3/t12-/m1/s1. The Morgan fingerprint density at radius 1 is 1.45 bits per heavy atom. The SMILES string of the molecule is CCc1cncc(OC[C@@H](N)CSc2nccn2C)c1. The van der Waals surface area contributed by atoms with E-state index in [4.69, 9.17) is 10.5 Å². The van der Waals surface area contributed by atoms with Crippen LogP contribution in [0.5, 0.6) is 5.75 Å². The molecule has 2 aromatic heterocycles. The number of nitrogens with zero attached hydrogens (tertiary/aromatic N) is 3. The van der Waals surface area contributed by atoms with Crippen LogP contribution in [-0.2, 0) is 13.5 Å². The van der Waals surface area contributed by atoms with E-state index in [1.165, 1.54) is 5.56 Å². The van der Waals surface area contributed by atoms with Gasteiger partial charge < -0.3 is 15.0 Å². The first-order valence-electron chi connectivity index (χ1n) is 6.61. The van der Waals surface area contributed by atoms with E-state index in [-0.39, 0.29) is 6.04 Å². The van der Waals surface area contributed by atoms with Crippen molar-refractivity contribution in [1.29, 1.82) is 0 Å². The van der Waals surface area contributed by atoms with Crippen molar-refractivity contribution < 1.29 is 4.74 Å². The first kappa shape index (κ1) is 14.9. The Hall–Kier alpha value is -1.53. The van der Waals surface area contributed by atoms with Crippen molar-refractivity contribution in [2.45, 2.75) is 24.5 Å². The van der Waals surface area contributed by atoms with Gasteiger partial charge in [0, 0.05) is 37.4 Å². The third kappa shape index (κ3) is 4.25. The van der Waals surface area contributed by atoms with Crippen LogP contribution in [0.1, 0.15) is 12.5 Å². The molecular formula is C14H20N4OS. The molecule has 0 aliphatic heterocycles. The minimum Gasteiger partial charge on any atom is -0.490 e. The third-order valence-corrected chi connectivity index (χ3v) is 4.09. The average molecular weight is 292 g/mol. The number of hydrogen-bond donors (Lipinski definition) is 1. The largest absolute Gasteiger partial charge is 0.490 e. The fourth-order valence-corrected chi connectivity index (χ4v) is 2.52. The summed E-state index contributed by atoms with van der Waals surface area (Å²) in [5.41, 5.74) is 7.22. The van der Waals surface area contributed by atoms with E-state index in [0.29, 0.717) is 6.61 Å². The lowest BCUT2D eigenvalue weighted by molar-refractivity contribution is 0.296. The second kappa shape index (κ2) is 7.31. The highest BCUT2D eigenvalue weighted by Crippen LogP contribution is 2.16. The molecule has 0 aliphatic rings. The third-order valence-electron chi connectivity index (χ3n) is 2.85. The molecule has 2 N–H and O–H groups in total. The Morgan fingerprint density at radius 2 is 2.30 bits per heavy atom. The molecule has 0 aliphatic carbocycles. The van der Waals surface area contributed by atoms with Crippen LogP contribution in [0.3, 0.4) is 0 Å². The van der Waals surface area contributed by atoms with E-state index in [2.05, 4.69) is 16.9 Å². The van der Waals surface area contributed by atoms with Gasteiger partial charge in [0.05, 0.1) is 6.20 Å². The smallest absolute Gasteiger partial charge is 0.167 e. The molecule has 6 heteroatoms. The van der Waals surface area contributed by atoms with Gasteiger partial charge in [-0.1, -0.05) is 18.7 Å². The maximum absolute atomic E-state index is 6.06. The molecule has 0 fully saturated rings. The predicted molar refractivity (Wildman–Crippen MR) is 81.0 cm³/mol. The van der Waals surface area contributed by atoms with Crippen LogP contribution in [0.25, 0.3) is 0 Å². The molecule has 0 amide bonds. The monoisotopic (exact) mass is 292 g/mol. The predicted octanol–water partition coefficient (Wildman–Crippen LogP) is 1.88. The summed E-state index contributed by atoms with van der Waals surface area (Å²) in [7, 11) is 1.97. The summed E-state index contributed by atoms with van der Waals surface area (Å²) in [5.74, 6) is 1.55. The van der Waals surface area contributed by atoms with Gasteiger partial charge in [-0.05, 0) is 18.1 Å². The zero-order chi connectivity index (χ0) is 14.4. The van der Waals surface area contributed by atoms with E-state index in [1.807, 2.05) is 30.1 Å². The number of hydrogen-bond acceptors (Lipinski definition) is 5. The van der Waals surface area contributed by atoms with Crippen molar-refractivity contribution in [2.75, 3.05) is 12.4 Å². The highest BCUT2D eigenvalue weighted by Gasteiger charge is 2.08. The summed E-state index contributed by atoms with van der Waals surface area (Å²) >= 11 is 1.64. The number of thioether (sulfide) groups is 1. The molecule has 0 unspecified atom stereocenters. The summed E-state index contributed by atoms with van der Waals surface area (Å²) in [6, 6.07) is 1.97. The number of aryl methyl sites for hydroxylation is 2. The van der Waals surface area contributed by atoms with Gasteiger partial charge in [-0.15, -0.1) is 0 Å². The van der Waals surface area contributed by atoms with Gasteiger partial charge >= 0.3 is 0 Å². The van der Waals surface area contributed by atoms with Gasteiger partial charge in [-0.25, -0.2) is 4.98 Å². The molecular weight excluding hydrogens is 272 g/mol. The number of aromatic nitrogens is 3. The van der Waals surface area contributed by atoms with E-state index >= 15 is 0 Å². The minimum atomic E-state index is -0.0398. The van der Waals surface area contributed by atoms with Gasteiger partial charge in [-0.3, -0.25) is 4.98 Å². The zero-order valence-electron chi connectivity index (χ0n) is 11.8. The van der Waals surface area contributed by atoms with Crippen LogP contribution in [-0.4, -0.2) is 32.9 Å². The second-order valence-electron chi connectivity index (χ2n) is 4.59. The van der Waals surface area contributed by atoms with Gasteiger partial charge in [0.25, 0.3) is 0 Å². The summed E-state index contributed by atoms with van der Waals surface area (Å²) in [6.45, 7) is 2.57. The van der Waals surface area contributed by atoms with Crippen molar-refractivity contribution in [1.82, 2.24) is 14.5 Å². The molecule has 0 radical (unpaired) electrons. The van der Waals surface area contributed by atoms with E-state index in [0.717, 1.165) is 23.1 Å². The molecule has 108 valence electrons. The van der Waals surface area contributed by atoms with Gasteiger partial charge in [0.2, 0.25) is 0 Å². The van der Waals surface area contributed by atoms with Crippen LogP contribution in [0.4, 0.5) is 0 Å². The lowest BCUT2D eigenvalue weighted by atomic mass is 10.2. The maximum atomic E-state index is 6.06. The molecule has 5 nitrogen and oxygen atoms in total. The topological polar surface area (TPSA) is 66.0 Å². The fraction of sp³-hybridized carbons (Fsp3) is 0.429. The van der Waals surface area contributed by atoms with Crippen LogP contribution in [0.15, 0.2) is 36.0 Å². The number of pyridine rings is 1. The maximum Gasteiger partial charge on any atom is 0.167 e. The molecule has 0 bridgehead atoms. The summed E-state index contributed by atoms with van der Waals surface area (Å²) in [5, 5.41) is 0.968. The lowest BCUT2D eigenvalue weighted by Crippen LogP contribution is -2.30. The van der Waals surface area contributed by atoms with E-state index in [9.17, 15) is 0 Å². The Morgan fingerprint density at radius 3 is 3.00 bits per heavy atom. The van der Waals surface area contributed by atoms with Crippen molar-refractivity contribution in [3.63, 3.8) is 0 Å². The van der Waals surface area contributed by atoms with Crippen LogP contribution in [0.2, 0.25) is 0 Å². The number of rotatable bonds is 7. The molecule has 0 saturated carbocycles. The van der Waals surface area contributed by atoms with Crippen molar-refractivity contribution in [2.24, 2.45) is 12.8 Å². The zero-order valence-corrected chi connectivity index (χ0v) is 12.6. The molecule has 2 heterocycles. The van der Waals surface area contributed by atoms with Gasteiger partial charge in [0.1, 0.15) is 12.4 Å². The van der Waals surface area contributed by atoms with Crippen LogP contribution < -0.4 is 10.5 Å². The quantitative estimate of drug-likeness (QED) is 0.789. The number of imidazole rings is 1. The molecule has 2 rings (SSSR count). The van der Waals surface area contributed by atoms with Crippen molar-refractivity contribution in [3.05, 3.63) is 36.4 Å².